The van der Waals surface area contributed by atoms with Crippen LogP contribution in [0.5, 0.6) is 0 Å². The fourth-order valence-electron chi connectivity index (χ4n) is 0.483. The van der Waals surface area contributed by atoms with Crippen LogP contribution >= 0.6 is 0 Å². The third-order valence-electron chi connectivity index (χ3n) is 1.51. The number of carbonyl (C=O) groups is 1. The average molecular weight is 169 g/mol. The number of hydrogen-bond acceptors (Lipinski definition) is 2. The maximum atomic E-state index is 11.1. The third kappa shape index (κ3) is 3.87. The zero-order valence-corrected chi connectivity index (χ0v) is 8.05. The summed E-state index contributed by atoms with van der Waals surface area (Å²) in [5.74, 6) is 5.30. The van der Waals surface area contributed by atoms with Crippen molar-refractivity contribution >= 4 is 6.09 Å². The second-order valence-electron chi connectivity index (χ2n) is 2.69. The fraction of sp³-hybridized carbons (Fsp3) is 0.667. The van der Waals surface area contributed by atoms with Crippen molar-refractivity contribution in [3.63, 3.8) is 0 Å². The first-order valence-electron chi connectivity index (χ1n) is 3.88. The van der Waals surface area contributed by atoms with E-state index in [2.05, 4.69) is 11.8 Å². The molecule has 0 saturated heterocycles. The highest BCUT2D eigenvalue weighted by molar-refractivity contribution is 5.67. The van der Waals surface area contributed by atoms with E-state index in [9.17, 15) is 4.79 Å². The van der Waals surface area contributed by atoms with Gasteiger partial charge in [-0.05, 0) is 20.8 Å². The number of nitrogens with zero attached hydrogens (tertiary/aromatic N) is 1. The van der Waals surface area contributed by atoms with Gasteiger partial charge in [-0.2, -0.15) is 0 Å². The van der Waals surface area contributed by atoms with Gasteiger partial charge < -0.3 is 9.64 Å². The van der Waals surface area contributed by atoms with Crippen LogP contribution in [-0.2, 0) is 4.74 Å². The molecular weight excluding hydrogens is 154 g/mol. The van der Waals surface area contributed by atoms with Crippen molar-refractivity contribution in [3.8, 4) is 11.8 Å². The summed E-state index contributed by atoms with van der Waals surface area (Å²) in [6.45, 7) is 5.73. The van der Waals surface area contributed by atoms with Gasteiger partial charge in [0.25, 0.3) is 0 Å². The first-order chi connectivity index (χ1) is 5.59. The van der Waals surface area contributed by atoms with E-state index in [1.807, 2.05) is 13.8 Å². The molecule has 0 N–H and O–H groups in total. The minimum absolute atomic E-state index is 0.159. The van der Waals surface area contributed by atoms with E-state index in [-0.39, 0.29) is 18.7 Å². The quantitative estimate of drug-likeness (QED) is 0.586. The van der Waals surface area contributed by atoms with Crippen LogP contribution in [0.2, 0.25) is 0 Å². The topological polar surface area (TPSA) is 29.5 Å². The molecule has 3 nitrogen and oxygen atoms in total. The van der Waals surface area contributed by atoms with Crippen molar-refractivity contribution in [1.82, 2.24) is 4.90 Å². The molecule has 0 aromatic carbocycles. The van der Waals surface area contributed by atoms with Crippen LogP contribution in [0.3, 0.4) is 0 Å². The van der Waals surface area contributed by atoms with Gasteiger partial charge in [-0.25, -0.2) is 4.79 Å². The Balaban J connectivity index is 3.77. The smallest absolute Gasteiger partial charge is 0.410 e. The zero-order chi connectivity index (χ0) is 9.56. The first kappa shape index (κ1) is 10.8. The van der Waals surface area contributed by atoms with E-state index >= 15 is 0 Å². The van der Waals surface area contributed by atoms with E-state index < -0.39 is 0 Å². The SMILES string of the molecule is CC#CCOC(=O)N(C)C(C)C. The standard InChI is InChI=1S/C9H15NO2/c1-5-6-7-12-9(11)10(4)8(2)3/h8H,7H2,1-4H3. The Morgan fingerprint density at radius 2 is 2.17 bits per heavy atom. The molecule has 0 aromatic rings. The lowest BCUT2D eigenvalue weighted by atomic mass is 10.4. The Kier molecular flexibility index (Phi) is 4.94. The predicted octanol–water partition coefficient (Wildman–Crippen LogP) is 1.49. The lowest BCUT2D eigenvalue weighted by molar-refractivity contribution is 0.113. The summed E-state index contributed by atoms with van der Waals surface area (Å²) in [7, 11) is 1.70. The van der Waals surface area contributed by atoms with Gasteiger partial charge in [-0.15, -0.1) is 5.92 Å². The van der Waals surface area contributed by atoms with Gasteiger partial charge in [0.1, 0.15) is 0 Å². The van der Waals surface area contributed by atoms with Gasteiger partial charge in [0, 0.05) is 13.1 Å². The number of ether oxygens (including phenoxy) is 1. The van der Waals surface area contributed by atoms with Crippen LogP contribution in [0.15, 0.2) is 0 Å². The molecule has 68 valence electrons. The average Bonchev–Trinajstić information content (AvgIpc) is 2.03. The summed E-state index contributed by atoms with van der Waals surface area (Å²) in [5, 5.41) is 0. The van der Waals surface area contributed by atoms with Gasteiger partial charge >= 0.3 is 6.09 Å². The molecule has 1 amide bonds. The molecule has 0 unspecified atom stereocenters. The van der Waals surface area contributed by atoms with Crippen molar-refractivity contribution < 1.29 is 9.53 Å². The van der Waals surface area contributed by atoms with Gasteiger partial charge in [-0.1, -0.05) is 5.92 Å². The molecule has 0 atom stereocenters. The monoisotopic (exact) mass is 169 g/mol. The lowest BCUT2D eigenvalue weighted by Gasteiger charge is -2.19. The minimum atomic E-state index is -0.326. The van der Waals surface area contributed by atoms with Crippen molar-refractivity contribution in [1.29, 1.82) is 0 Å². The molecule has 0 aromatic heterocycles. The summed E-state index contributed by atoms with van der Waals surface area (Å²) in [6, 6.07) is 0.159. The van der Waals surface area contributed by atoms with Crippen LogP contribution in [0.1, 0.15) is 20.8 Å². The molecule has 0 saturated carbocycles. The third-order valence-corrected chi connectivity index (χ3v) is 1.51. The predicted molar refractivity (Wildman–Crippen MR) is 47.7 cm³/mol. The zero-order valence-electron chi connectivity index (χ0n) is 8.05. The Bertz CT molecular complexity index is 200. The second kappa shape index (κ2) is 5.48. The van der Waals surface area contributed by atoms with E-state index in [0.717, 1.165) is 0 Å². The summed E-state index contributed by atoms with van der Waals surface area (Å²) in [4.78, 5) is 12.6. The van der Waals surface area contributed by atoms with Crippen LogP contribution < -0.4 is 0 Å². The number of rotatable bonds is 2. The van der Waals surface area contributed by atoms with Crippen LogP contribution in [0.4, 0.5) is 4.79 Å². The normalized spacial score (nSPS) is 8.75. The fourth-order valence-corrected chi connectivity index (χ4v) is 0.483. The maximum Gasteiger partial charge on any atom is 0.410 e. The molecular formula is C9H15NO2. The molecule has 12 heavy (non-hydrogen) atoms. The van der Waals surface area contributed by atoms with Gasteiger partial charge in [0.2, 0.25) is 0 Å². The Morgan fingerprint density at radius 3 is 2.58 bits per heavy atom. The highest BCUT2D eigenvalue weighted by Gasteiger charge is 2.11. The van der Waals surface area contributed by atoms with Gasteiger partial charge in [0.05, 0.1) is 0 Å². The Hall–Kier alpha value is -1.17. The molecule has 0 fully saturated rings. The summed E-state index contributed by atoms with van der Waals surface area (Å²) >= 11 is 0. The molecule has 0 aliphatic heterocycles. The summed E-state index contributed by atoms with van der Waals surface area (Å²) in [5.41, 5.74) is 0. The van der Waals surface area contributed by atoms with Crippen molar-refractivity contribution in [2.45, 2.75) is 26.8 Å². The molecule has 0 aliphatic carbocycles. The lowest BCUT2D eigenvalue weighted by Crippen LogP contribution is -2.33. The largest absolute Gasteiger partial charge is 0.436 e. The Morgan fingerprint density at radius 1 is 1.58 bits per heavy atom. The van der Waals surface area contributed by atoms with E-state index in [1.54, 1.807) is 14.0 Å². The van der Waals surface area contributed by atoms with Crippen molar-refractivity contribution in [2.24, 2.45) is 0 Å². The highest BCUT2D eigenvalue weighted by atomic mass is 16.6. The molecule has 3 heteroatoms. The van der Waals surface area contributed by atoms with Crippen LogP contribution in [0.25, 0.3) is 0 Å². The molecule has 0 bridgehead atoms. The van der Waals surface area contributed by atoms with Crippen molar-refractivity contribution in [2.75, 3.05) is 13.7 Å². The maximum absolute atomic E-state index is 11.1. The molecule has 0 rings (SSSR count). The van der Waals surface area contributed by atoms with E-state index in [1.165, 1.54) is 4.90 Å². The van der Waals surface area contributed by atoms with E-state index in [4.69, 9.17) is 4.74 Å². The first-order valence-corrected chi connectivity index (χ1v) is 3.88. The molecule has 0 spiro atoms. The Labute approximate surface area is 73.7 Å². The summed E-state index contributed by atoms with van der Waals surface area (Å²) in [6.07, 6.45) is -0.326. The van der Waals surface area contributed by atoms with Crippen molar-refractivity contribution in [3.05, 3.63) is 0 Å². The van der Waals surface area contributed by atoms with Gasteiger partial charge in [-0.3, -0.25) is 0 Å². The molecule has 0 heterocycles. The highest BCUT2D eigenvalue weighted by Crippen LogP contribution is 1.96. The van der Waals surface area contributed by atoms with E-state index in [0.29, 0.717) is 0 Å². The number of carbonyl (C=O) groups excluding carboxylic acids is 1. The minimum Gasteiger partial charge on any atom is -0.436 e. The van der Waals surface area contributed by atoms with Crippen LogP contribution in [-0.4, -0.2) is 30.7 Å². The number of amides is 1. The number of hydrogen-bond donors (Lipinski definition) is 0. The van der Waals surface area contributed by atoms with Gasteiger partial charge in [0.15, 0.2) is 6.61 Å². The summed E-state index contributed by atoms with van der Waals surface area (Å²) < 4.78 is 4.82. The molecule has 0 radical (unpaired) electrons. The molecule has 0 aliphatic rings. The second-order valence-corrected chi connectivity index (χ2v) is 2.69. The van der Waals surface area contributed by atoms with Crippen LogP contribution in [0, 0.1) is 11.8 Å².